The van der Waals surface area contributed by atoms with Gasteiger partial charge in [0, 0.05) is 17.5 Å². The van der Waals surface area contributed by atoms with Gasteiger partial charge in [-0.15, -0.1) is 0 Å². The fourth-order valence-corrected chi connectivity index (χ4v) is 2.90. The number of carbonyl (C=O) groups excluding carboxylic acids is 1. The summed E-state index contributed by atoms with van der Waals surface area (Å²) < 4.78 is 3.31. The fraction of sp³-hybridized carbons (Fsp3) is 0.222. The lowest BCUT2D eigenvalue weighted by molar-refractivity contribution is 0.102. The van der Waals surface area contributed by atoms with Gasteiger partial charge in [-0.1, -0.05) is 0 Å². The summed E-state index contributed by atoms with van der Waals surface area (Å²) in [6, 6.07) is 4.90. The third kappa shape index (κ3) is 3.04. The maximum atomic E-state index is 12.7. The first-order valence-corrected chi connectivity index (χ1v) is 8.69. The van der Waals surface area contributed by atoms with Crippen LogP contribution >= 0.6 is 0 Å². The Balaban J connectivity index is 1.59. The molecule has 0 fully saturated rings. The van der Waals surface area contributed by atoms with Crippen molar-refractivity contribution >= 4 is 22.6 Å². The number of hydrogen-bond acceptors (Lipinski definition) is 6. The van der Waals surface area contributed by atoms with Gasteiger partial charge in [0.05, 0.1) is 35.5 Å². The Morgan fingerprint density at radius 2 is 2.00 bits per heavy atom. The molecule has 0 saturated carbocycles. The van der Waals surface area contributed by atoms with E-state index in [1.54, 1.807) is 19.3 Å². The molecule has 142 valence electrons. The van der Waals surface area contributed by atoms with Gasteiger partial charge >= 0.3 is 0 Å². The molecule has 0 radical (unpaired) electrons. The molecule has 2 N–H and O–H groups in total. The lowest BCUT2D eigenvalue weighted by Crippen LogP contribution is -2.14. The maximum absolute atomic E-state index is 12.7. The minimum absolute atomic E-state index is 0.195. The lowest BCUT2D eigenvalue weighted by Gasteiger charge is -2.08. The molecule has 4 aromatic heterocycles. The van der Waals surface area contributed by atoms with Crippen LogP contribution in [0.25, 0.3) is 16.9 Å². The maximum Gasteiger partial charge on any atom is 0.264 e. The van der Waals surface area contributed by atoms with Crippen molar-refractivity contribution in [1.29, 1.82) is 0 Å². The van der Waals surface area contributed by atoms with Crippen molar-refractivity contribution in [2.24, 2.45) is 0 Å². The Morgan fingerprint density at radius 1 is 1.18 bits per heavy atom. The monoisotopic (exact) mass is 378 g/mol. The molecule has 0 aliphatic rings. The van der Waals surface area contributed by atoms with E-state index >= 15 is 0 Å². The molecule has 1 amide bonds. The van der Waals surface area contributed by atoms with Gasteiger partial charge in [0.25, 0.3) is 11.5 Å². The van der Waals surface area contributed by atoms with Crippen molar-refractivity contribution in [3.05, 3.63) is 58.4 Å². The average molecular weight is 378 g/mol. The third-order valence-corrected chi connectivity index (χ3v) is 4.32. The molecule has 10 heteroatoms. The van der Waals surface area contributed by atoms with E-state index < -0.39 is 0 Å². The van der Waals surface area contributed by atoms with Crippen LogP contribution in [0, 0.1) is 6.92 Å². The van der Waals surface area contributed by atoms with Crippen LogP contribution in [-0.2, 0) is 0 Å². The second kappa shape index (κ2) is 6.72. The van der Waals surface area contributed by atoms with Crippen molar-refractivity contribution in [2.75, 3.05) is 5.32 Å². The van der Waals surface area contributed by atoms with Crippen molar-refractivity contribution < 1.29 is 4.79 Å². The van der Waals surface area contributed by atoms with Gasteiger partial charge in [-0.2, -0.15) is 15.3 Å². The van der Waals surface area contributed by atoms with Crippen LogP contribution in [0.3, 0.4) is 0 Å². The quantitative estimate of drug-likeness (QED) is 0.558. The van der Waals surface area contributed by atoms with Gasteiger partial charge < -0.3 is 5.32 Å². The van der Waals surface area contributed by atoms with Gasteiger partial charge in [-0.05, 0) is 32.9 Å². The van der Waals surface area contributed by atoms with E-state index in [1.807, 2.05) is 24.6 Å². The summed E-state index contributed by atoms with van der Waals surface area (Å²) in [5, 5.41) is 18.5. The topological polar surface area (TPSA) is 123 Å². The smallest absolute Gasteiger partial charge is 0.264 e. The highest BCUT2D eigenvalue weighted by molar-refractivity contribution is 6.05. The molecule has 0 aromatic carbocycles. The summed E-state index contributed by atoms with van der Waals surface area (Å²) in [5.74, 6) is 0.103. The number of pyridine rings is 1. The Labute approximate surface area is 159 Å². The van der Waals surface area contributed by atoms with Gasteiger partial charge in [0.1, 0.15) is 0 Å². The predicted octanol–water partition coefficient (Wildman–Crippen LogP) is 1.84. The van der Waals surface area contributed by atoms with Gasteiger partial charge in [0.15, 0.2) is 11.5 Å². The number of anilines is 1. The highest BCUT2D eigenvalue weighted by Gasteiger charge is 2.17. The minimum Gasteiger partial charge on any atom is -0.320 e. The number of nitrogens with one attached hydrogen (secondary N) is 2. The first-order chi connectivity index (χ1) is 13.4. The van der Waals surface area contributed by atoms with Crippen LogP contribution in [0.1, 0.15) is 35.9 Å². The van der Waals surface area contributed by atoms with E-state index in [0.29, 0.717) is 22.8 Å². The van der Waals surface area contributed by atoms with Crippen LogP contribution in [0.15, 0.2) is 41.6 Å². The average Bonchev–Trinajstić information content (AvgIpc) is 3.26. The molecule has 10 nitrogen and oxygen atoms in total. The number of nitrogens with zero attached hydrogens (tertiary/aromatic N) is 6. The fourth-order valence-electron chi connectivity index (χ4n) is 2.90. The van der Waals surface area contributed by atoms with Crippen molar-refractivity contribution in [1.82, 2.24) is 34.7 Å². The Bertz CT molecular complexity index is 1210. The second-order valence-electron chi connectivity index (χ2n) is 6.61. The third-order valence-electron chi connectivity index (χ3n) is 4.32. The molecule has 0 atom stereocenters. The molecule has 0 aliphatic carbocycles. The number of H-pyrrole nitrogens is 1. The summed E-state index contributed by atoms with van der Waals surface area (Å²) in [6.07, 6.45) is 4.79. The van der Waals surface area contributed by atoms with Crippen LogP contribution in [0.5, 0.6) is 0 Å². The highest BCUT2D eigenvalue weighted by Crippen LogP contribution is 2.20. The van der Waals surface area contributed by atoms with E-state index in [0.717, 1.165) is 11.0 Å². The molecule has 4 heterocycles. The molecular formula is C18H18N8O2. The van der Waals surface area contributed by atoms with Gasteiger partial charge in [-0.25, -0.2) is 19.4 Å². The standard InChI is InChI=1S/C18H18N8O2/c1-10(2)25-17-12(7-20-25)6-13(8-19-17)22-18(28)14-9-21-26(11(14)3)15-4-5-16(27)24-23-15/h4-10H,1-3H3,(H,22,28)(H,24,27). The van der Waals surface area contributed by atoms with Crippen molar-refractivity contribution in [3.63, 3.8) is 0 Å². The van der Waals surface area contributed by atoms with Gasteiger partial charge in [0.2, 0.25) is 0 Å². The molecule has 0 bridgehead atoms. The van der Waals surface area contributed by atoms with Crippen LogP contribution < -0.4 is 10.9 Å². The number of aromatic amines is 1. The summed E-state index contributed by atoms with van der Waals surface area (Å²) in [5.41, 5.74) is 2.01. The Morgan fingerprint density at radius 3 is 2.71 bits per heavy atom. The minimum atomic E-state index is -0.314. The van der Waals surface area contributed by atoms with E-state index in [9.17, 15) is 9.59 Å². The molecule has 4 rings (SSSR count). The SMILES string of the molecule is Cc1c(C(=O)Nc2cnc3c(cnn3C(C)C)c2)cnn1-c1ccc(=O)[nH]n1. The van der Waals surface area contributed by atoms with Crippen LogP contribution in [0.4, 0.5) is 5.69 Å². The molecule has 0 unspecified atom stereocenters. The number of rotatable bonds is 4. The predicted molar refractivity (Wildman–Crippen MR) is 103 cm³/mol. The molecule has 0 saturated heterocycles. The van der Waals surface area contributed by atoms with E-state index in [4.69, 9.17) is 0 Å². The summed E-state index contributed by atoms with van der Waals surface area (Å²) in [4.78, 5) is 28.3. The Hall–Kier alpha value is -3.82. The highest BCUT2D eigenvalue weighted by atomic mass is 16.1. The zero-order chi connectivity index (χ0) is 19.8. The van der Waals surface area contributed by atoms with Crippen molar-refractivity contribution in [2.45, 2.75) is 26.8 Å². The molecule has 4 aromatic rings. The van der Waals surface area contributed by atoms with E-state index in [2.05, 4.69) is 30.7 Å². The summed E-state index contributed by atoms with van der Waals surface area (Å²) >= 11 is 0. The van der Waals surface area contributed by atoms with E-state index in [1.165, 1.54) is 23.0 Å². The molecule has 0 spiro atoms. The van der Waals surface area contributed by atoms with Crippen LogP contribution in [0.2, 0.25) is 0 Å². The second-order valence-corrected chi connectivity index (χ2v) is 6.61. The lowest BCUT2D eigenvalue weighted by atomic mass is 10.2. The number of amides is 1. The first kappa shape index (κ1) is 17.6. The van der Waals surface area contributed by atoms with E-state index in [-0.39, 0.29) is 17.5 Å². The zero-order valence-electron chi connectivity index (χ0n) is 15.5. The number of carbonyl (C=O) groups is 1. The summed E-state index contributed by atoms with van der Waals surface area (Å²) in [7, 11) is 0. The zero-order valence-corrected chi connectivity index (χ0v) is 15.5. The Kier molecular flexibility index (Phi) is 4.22. The number of aromatic nitrogens is 7. The molecule has 28 heavy (non-hydrogen) atoms. The number of fused-ring (bicyclic) bond motifs is 1. The number of hydrogen-bond donors (Lipinski definition) is 2. The summed E-state index contributed by atoms with van der Waals surface area (Å²) in [6.45, 7) is 5.81. The normalized spacial score (nSPS) is 11.3. The van der Waals surface area contributed by atoms with Crippen LogP contribution in [-0.4, -0.2) is 40.6 Å². The molecular weight excluding hydrogens is 360 g/mol. The van der Waals surface area contributed by atoms with Gasteiger partial charge in [-0.3, -0.25) is 9.59 Å². The molecule has 0 aliphatic heterocycles. The van der Waals surface area contributed by atoms with Crippen molar-refractivity contribution in [3.8, 4) is 5.82 Å². The largest absolute Gasteiger partial charge is 0.320 e. The first-order valence-electron chi connectivity index (χ1n) is 8.69.